The number of rotatable bonds is 7. The molecule has 0 spiro atoms. The summed E-state index contributed by atoms with van der Waals surface area (Å²) in [5.74, 6) is 0.746. The molecule has 0 aliphatic carbocycles. The third kappa shape index (κ3) is 5.89. The molecular weight excluding hydrogens is 519 g/mol. The van der Waals surface area contributed by atoms with E-state index in [2.05, 4.69) is 20.1 Å². The van der Waals surface area contributed by atoms with Crippen molar-refractivity contribution in [1.82, 2.24) is 9.97 Å². The highest BCUT2D eigenvalue weighted by molar-refractivity contribution is 7.98. The number of carbonyl (C=O) groups is 1. The second-order valence-electron chi connectivity index (χ2n) is 7.48. The number of nitrogens with one attached hydrogen (secondary N) is 2. The van der Waals surface area contributed by atoms with E-state index in [1.807, 2.05) is 18.2 Å². The Hall–Kier alpha value is -3.77. The normalized spacial score (nSPS) is 10.5. The first-order chi connectivity index (χ1) is 17.4. The number of nitrogens with zero attached hydrogens (tertiary/aromatic N) is 2. The molecule has 0 bridgehead atoms. The van der Waals surface area contributed by atoms with Crippen LogP contribution in [0.15, 0.2) is 76.7 Å². The molecule has 0 fully saturated rings. The Balaban J connectivity index is 1.52. The lowest BCUT2D eigenvalue weighted by Gasteiger charge is -2.10. The molecule has 7 nitrogen and oxygen atoms in total. The number of halogens is 2. The molecule has 2 N–H and O–H groups in total. The lowest BCUT2D eigenvalue weighted by atomic mass is 10.1. The molecule has 180 valence electrons. The summed E-state index contributed by atoms with van der Waals surface area (Å²) >= 11 is 13.2. The zero-order valence-corrected chi connectivity index (χ0v) is 21.2. The minimum absolute atomic E-state index is 0.0837. The van der Waals surface area contributed by atoms with Gasteiger partial charge in [0.05, 0.1) is 29.4 Å². The van der Waals surface area contributed by atoms with Crippen LogP contribution >= 0.6 is 35.0 Å². The lowest BCUT2D eigenvalue weighted by molar-refractivity contribution is 0.102. The van der Waals surface area contributed by atoms with Gasteiger partial charge in [-0.2, -0.15) is 0 Å². The van der Waals surface area contributed by atoms with Crippen molar-refractivity contribution < 1.29 is 9.53 Å². The maximum atomic E-state index is 12.6. The number of hydrogen-bond donors (Lipinski definition) is 2. The van der Waals surface area contributed by atoms with Crippen LogP contribution < -0.4 is 15.6 Å². The number of aromatic nitrogens is 2. The van der Waals surface area contributed by atoms with Crippen molar-refractivity contribution in [1.29, 1.82) is 0 Å². The number of thioether (sulfide) groups is 1. The van der Waals surface area contributed by atoms with Crippen LogP contribution in [0.3, 0.4) is 0 Å². The lowest BCUT2D eigenvalue weighted by Crippen LogP contribution is -2.12. The Kier molecular flexibility index (Phi) is 7.96. The molecule has 1 heterocycles. The second-order valence-corrected chi connectivity index (χ2v) is 9.26. The van der Waals surface area contributed by atoms with Crippen LogP contribution in [0.4, 0.5) is 11.4 Å². The van der Waals surface area contributed by atoms with Gasteiger partial charge in [0.1, 0.15) is 5.75 Å². The molecule has 0 atom stereocenters. The van der Waals surface area contributed by atoms with Crippen molar-refractivity contribution in [3.05, 3.63) is 110 Å². The van der Waals surface area contributed by atoms with Crippen molar-refractivity contribution >= 4 is 52.2 Å². The SMILES string of the molecule is [C-]#[N+]c1c(-c2cccc(OC)c2)nc(SCc2cccc(NC(=O)c3ccc(Cl)c(Cl)c3)c2)[nH]c1=O. The van der Waals surface area contributed by atoms with Crippen molar-refractivity contribution in [3.63, 3.8) is 0 Å². The van der Waals surface area contributed by atoms with Gasteiger partial charge in [0, 0.05) is 17.0 Å². The molecule has 1 amide bonds. The molecule has 10 heteroatoms. The highest BCUT2D eigenvalue weighted by atomic mass is 35.5. The van der Waals surface area contributed by atoms with E-state index >= 15 is 0 Å². The van der Waals surface area contributed by atoms with Gasteiger partial charge in [-0.15, -0.1) is 0 Å². The van der Waals surface area contributed by atoms with Gasteiger partial charge in [0.2, 0.25) is 0 Å². The number of hydrogen-bond acceptors (Lipinski definition) is 5. The number of ether oxygens (including phenoxy) is 1. The molecule has 3 aromatic carbocycles. The van der Waals surface area contributed by atoms with Crippen LogP contribution in [0.5, 0.6) is 5.75 Å². The number of aromatic amines is 1. The average molecular weight is 537 g/mol. The summed E-state index contributed by atoms with van der Waals surface area (Å²) in [6.07, 6.45) is 0. The van der Waals surface area contributed by atoms with Gasteiger partial charge in [-0.25, -0.2) is 9.83 Å². The van der Waals surface area contributed by atoms with Gasteiger partial charge in [-0.05, 0) is 53.6 Å². The van der Waals surface area contributed by atoms with Gasteiger partial charge in [-0.3, -0.25) is 9.59 Å². The van der Waals surface area contributed by atoms with E-state index in [0.717, 1.165) is 5.56 Å². The fourth-order valence-corrected chi connectivity index (χ4v) is 4.42. The molecule has 1 aromatic heterocycles. The third-order valence-electron chi connectivity index (χ3n) is 5.07. The molecule has 0 saturated carbocycles. The number of benzene rings is 3. The number of anilines is 1. The number of methoxy groups -OCH3 is 1. The highest BCUT2D eigenvalue weighted by Gasteiger charge is 2.15. The first-order valence-corrected chi connectivity index (χ1v) is 12.3. The summed E-state index contributed by atoms with van der Waals surface area (Å²) in [7, 11) is 1.54. The van der Waals surface area contributed by atoms with E-state index in [1.165, 1.54) is 17.8 Å². The zero-order valence-electron chi connectivity index (χ0n) is 18.8. The van der Waals surface area contributed by atoms with Crippen molar-refractivity contribution in [2.24, 2.45) is 0 Å². The highest BCUT2D eigenvalue weighted by Crippen LogP contribution is 2.30. The summed E-state index contributed by atoms with van der Waals surface area (Å²) < 4.78 is 5.25. The predicted molar refractivity (Wildman–Crippen MR) is 144 cm³/mol. The molecule has 0 aliphatic rings. The molecule has 0 unspecified atom stereocenters. The number of carbonyl (C=O) groups excluding carboxylic acids is 1. The van der Waals surface area contributed by atoms with E-state index in [0.29, 0.717) is 43.5 Å². The van der Waals surface area contributed by atoms with Crippen LogP contribution in [0.25, 0.3) is 16.1 Å². The van der Waals surface area contributed by atoms with E-state index < -0.39 is 5.56 Å². The topological polar surface area (TPSA) is 88.4 Å². The molecule has 0 radical (unpaired) electrons. The summed E-state index contributed by atoms with van der Waals surface area (Å²) in [6, 6.07) is 19.0. The molecule has 0 saturated heterocycles. The smallest absolute Gasteiger partial charge is 0.276 e. The van der Waals surface area contributed by atoms with Crippen LogP contribution in [-0.4, -0.2) is 23.0 Å². The van der Waals surface area contributed by atoms with Crippen molar-refractivity contribution in [2.45, 2.75) is 10.9 Å². The average Bonchev–Trinajstić information content (AvgIpc) is 2.89. The molecule has 4 rings (SSSR count). The molecule has 4 aromatic rings. The summed E-state index contributed by atoms with van der Waals surface area (Å²) in [5.41, 5.74) is 2.19. The Morgan fingerprint density at radius 1 is 1.11 bits per heavy atom. The molecular formula is C26H18Cl2N4O3S. The standard InChI is InChI=1S/C26H18Cl2N4O3S/c1-29-23-22(16-6-4-8-19(12-16)35-2)31-26(32-25(23)34)36-14-15-5-3-7-18(11-15)30-24(33)17-9-10-20(27)21(28)13-17/h3-13H,14H2,2H3,(H,30,33)(H,31,32,34). The van der Waals surface area contributed by atoms with Gasteiger partial charge < -0.3 is 15.0 Å². The fraction of sp³-hybridized carbons (Fsp3) is 0.0769. The summed E-state index contributed by atoms with van der Waals surface area (Å²) in [5, 5.41) is 3.88. The maximum Gasteiger partial charge on any atom is 0.276 e. The summed E-state index contributed by atoms with van der Waals surface area (Å²) in [4.78, 5) is 35.7. The first-order valence-electron chi connectivity index (χ1n) is 10.5. The predicted octanol–water partition coefficient (Wildman–Crippen LogP) is 6.85. The van der Waals surface area contributed by atoms with E-state index in [1.54, 1.807) is 49.6 Å². The van der Waals surface area contributed by atoms with E-state index in [-0.39, 0.29) is 17.3 Å². The summed E-state index contributed by atoms with van der Waals surface area (Å²) in [6.45, 7) is 7.42. The van der Waals surface area contributed by atoms with Crippen LogP contribution in [0.1, 0.15) is 15.9 Å². The fourth-order valence-electron chi connectivity index (χ4n) is 3.32. The zero-order chi connectivity index (χ0) is 25.7. The van der Waals surface area contributed by atoms with Gasteiger partial charge in [-0.1, -0.05) is 59.2 Å². The Bertz CT molecular complexity index is 1550. The van der Waals surface area contributed by atoms with Crippen molar-refractivity contribution in [2.75, 3.05) is 12.4 Å². The van der Waals surface area contributed by atoms with Gasteiger partial charge in [0.15, 0.2) is 5.16 Å². The third-order valence-corrected chi connectivity index (χ3v) is 6.75. The van der Waals surface area contributed by atoms with E-state index in [4.69, 9.17) is 34.5 Å². The van der Waals surface area contributed by atoms with Gasteiger partial charge >= 0.3 is 0 Å². The minimum atomic E-state index is -0.511. The Morgan fingerprint density at radius 3 is 2.67 bits per heavy atom. The monoisotopic (exact) mass is 536 g/mol. The number of amides is 1. The van der Waals surface area contributed by atoms with Crippen molar-refractivity contribution in [3.8, 4) is 17.0 Å². The van der Waals surface area contributed by atoms with Crippen LogP contribution in [0.2, 0.25) is 10.0 Å². The van der Waals surface area contributed by atoms with Crippen LogP contribution in [-0.2, 0) is 5.75 Å². The molecule has 36 heavy (non-hydrogen) atoms. The maximum absolute atomic E-state index is 12.6. The first kappa shape index (κ1) is 25.3. The van der Waals surface area contributed by atoms with E-state index in [9.17, 15) is 9.59 Å². The largest absolute Gasteiger partial charge is 0.497 e. The second kappa shape index (κ2) is 11.3. The Morgan fingerprint density at radius 2 is 1.92 bits per heavy atom. The van der Waals surface area contributed by atoms with Crippen LogP contribution in [0, 0.1) is 6.57 Å². The molecule has 0 aliphatic heterocycles. The quantitative estimate of drug-likeness (QED) is 0.153. The van der Waals surface area contributed by atoms with Gasteiger partial charge in [0.25, 0.3) is 17.2 Å². The minimum Gasteiger partial charge on any atom is -0.497 e. The Labute approximate surface area is 221 Å². The number of H-pyrrole nitrogens is 1.